The van der Waals surface area contributed by atoms with Crippen LogP contribution in [-0.4, -0.2) is 19.3 Å². The molecule has 2 fully saturated rings. The first-order valence-corrected chi connectivity index (χ1v) is 8.63. The molecule has 1 aliphatic heterocycles. The van der Waals surface area contributed by atoms with Gasteiger partial charge in [-0.15, -0.1) is 0 Å². The van der Waals surface area contributed by atoms with Crippen LogP contribution in [0, 0.1) is 5.92 Å². The predicted molar refractivity (Wildman–Crippen MR) is 83.9 cm³/mol. The summed E-state index contributed by atoms with van der Waals surface area (Å²) in [6, 6.07) is 6.73. The molecule has 114 valence electrons. The Bertz CT molecular complexity index is 511. The summed E-state index contributed by atoms with van der Waals surface area (Å²) in [4.78, 5) is 0. The molecule has 0 amide bonds. The van der Waals surface area contributed by atoms with Crippen molar-refractivity contribution >= 4 is 0 Å². The summed E-state index contributed by atoms with van der Waals surface area (Å²) in [6.07, 6.45) is 10.4. The van der Waals surface area contributed by atoms with Crippen molar-refractivity contribution in [2.75, 3.05) is 13.7 Å². The smallest absolute Gasteiger partial charge is 0.119 e. The third-order valence-corrected chi connectivity index (χ3v) is 6.15. The van der Waals surface area contributed by atoms with Gasteiger partial charge in [0.1, 0.15) is 5.75 Å². The fourth-order valence-electron chi connectivity index (χ4n) is 5.16. The Balaban J connectivity index is 1.68. The van der Waals surface area contributed by atoms with Crippen LogP contribution in [0.3, 0.4) is 0 Å². The summed E-state index contributed by atoms with van der Waals surface area (Å²) in [7, 11) is 1.76. The van der Waals surface area contributed by atoms with Gasteiger partial charge in [0.25, 0.3) is 0 Å². The van der Waals surface area contributed by atoms with E-state index in [0.717, 1.165) is 18.3 Å². The maximum atomic E-state index is 6.41. The van der Waals surface area contributed by atoms with Gasteiger partial charge in [0.2, 0.25) is 0 Å². The van der Waals surface area contributed by atoms with Crippen molar-refractivity contribution in [3.8, 4) is 5.75 Å². The minimum atomic E-state index is 0.207. The highest BCUT2D eigenvalue weighted by molar-refractivity contribution is 5.40. The van der Waals surface area contributed by atoms with Gasteiger partial charge in [0.05, 0.1) is 12.7 Å². The van der Waals surface area contributed by atoms with Gasteiger partial charge < -0.3 is 9.47 Å². The molecule has 2 aliphatic carbocycles. The Hall–Kier alpha value is -1.02. The molecule has 0 N–H and O–H groups in total. The minimum absolute atomic E-state index is 0.207. The largest absolute Gasteiger partial charge is 0.497 e. The number of rotatable bonds is 1. The molecular formula is C19H26O2. The molecule has 4 rings (SSSR count). The monoisotopic (exact) mass is 286 g/mol. The van der Waals surface area contributed by atoms with Crippen LogP contribution in [0.4, 0.5) is 0 Å². The Morgan fingerprint density at radius 1 is 1.14 bits per heavy atom. The molecule has 0 radical (unpaired) electrons. The Morgan fingerprint density at radius 2 is 2.00 bits per heavy atom. The van der Waals surface area contributed by atoms with Crippen LogP contribution in [-0.2, 0) is 11.2 Å². The Kier molecular flexibility index (Phi) is 3.45. The number of ether oxygens (including phenoxy) is 2. The fraction of sp³-hybridized carbons (Fsp3) is 0.684. The van der Waals surface area contributed by atoms with E-state index in [9.17, 15) is 0 Å². The first-order chi connectivity index (χ1) is 10.3. The van der Waals surface area contributed by atoms with Gasteiger partial charge in [0, 0.05) is 6.61 Å². The highest BCUT2D eigenvalue weighted by Crippen LogP contribution is 2.53. The quantitative estimate of drug-likeness (QED) is 0.758. The third-order valence-electron chi connectivity index (χ3n) is 6.15. The first kappa shape index (κ1) is 13.6. The molecule has 2 nitrogen and oxygen atoms in total. The van der Waals surface area contributed by atoms with Gasteiger partial charge in [0.15, 0.2) is 0 Å². The average molecular weight is 286 g/mol. The Labute approximate surface area is 127 Å². The maximum absolute atomic E-state index is 6.41. The SMILES string of the molecule is COc1ccc2c(c1)CC[C@@H]1[C@H]2CCOC12CCCCC2. The van der Waals surface area contributed by atoms with E-state index in [1.807, 2.05) is 0 Å². The standard InChI is InChI=1S/C19H26O2/c1-20-15-6-7-16-14(13-15)5-8-18-17(16)9-12-21-19(18)10-3-2-4-11-19/h6-7,13,17-18H,2-5,8-12H2,1H3/t17-,18+/m0/s1. The molecular weight excluding hydrogens is 260 g/mol. The van der Waals surface area contributed by atoms with Crippen molar-refractivity contribution < 1.29 is 9.47 Å². The summed E-state index contributed by atoms with van der Waals surface area (Å²) in [5, 5.41) is 0. The van der Waals surface area contributed by atoms with Crippen LogP contribution in [0.1, 0.15) is 62.0 Å². The molecule has 0 aromatic heterocycles. The second-order valence-electron chi connectivity index (χ2n) is 7.08. The molecule has 1 spiro atoms. The number of benzene rings is 1. The summed E-state index contributed by atoms with van der Waals surface area (Å²) in [5.41, 5.74) is 3.31. The van der Waals surface area contributed by atoms with E-state index in [1.165, 1.54) is 56.9 Å². The van der Waals surface area contributed by atoms with Crippen LogP contribution in [0.2, 0.25) is 0 Å². The average Bonchev–Trinajstić information content (AvgIpc) is 2.55. The van der Waals surface area contributed by atoms with Crippen molar-refractivity contribution in [3.05, 3.63) is 29.3 Å². The number of hydrogen-bond donors (Lipinski definition) is 0. The van der Waals surface area contributed by atoms with Gasteiger partial charge in [-0.3, -0.25) is 0 Å². The van der Waals surface area contributed by atoms with Crippen LogP contribution in [0.5, 0.6) is 5.75 Å². The molecule has 1 aromatic rings. The summed E-state index contributed by atoms with van der Waals surface area (Å²) in [6.45, 7) is 0.951. The Morgan fingerprint density at radius 3 is 2.81 bits per heavy atom. The molecule has 0 unspecified atom stereocenters. The highest BCUT2D eigenvalue weighted by atomic mass is 16.5. The number of methoxy groups -OCH3 is 1. The van der Waals surface area contributed by atoms with Gasteiger partial charge in [-0.05, 0) is 67.2 Å². The first-order valence-electron chi connectivity index (χ1n) is 8.63. The lowest BCUT2D eigenvalue weighted by Crippen LogP contribution is -2.50. The van der Waals surface area contributed by atoms with E-state index >= 15 is 0 Å². The van der Waals surface area contributed by atoms with Crippen LogP contribution >= 0.6 is 0 Å². The molecule has 1 heterocycles. The molecule has 1 aromatic carbocycles. The van der Waals surface area contributed by atoms with Gasteiger partial charge in [-0.2, -0.15) is 0 Å². The van der Waals surface area contributed by atoms with Crippen LogP contribution in [0.15, 0.2) is 18.2 Å². The van der Waals surface area contributed by atoms with Crippen LogP contribution in [0.25, 0.3) is 0 Å². The summed E-state index contributed by atoms with van der Waals surface area (Å²) in [5.74, 6) is 2.46. The molecule has 2 atom stereocenters. The normalized spacial score (nSPS) is 30.5. The van der Waals surface area contributed by atoms with Crippen molar-refractivity contribution in [2.24, 2.45) is 5.92 Å². The van der Waals surface area contributed by atoms with E-state index in [1.54, 1.807) is 12.7 Å². The van der Waals surface area contributed by atoms with E-state index < -0.39 is 0 Å². The fourth-order valence-corrected chi connectivity index (χ4v) is 5.16. The topological polar surface area (TPSA) is 18.5 Å². The zero-order valence-corrected chi connectivity index (χ0v) is 13.1. The molecule has 1 saturated carbocycles. The number of hydrogen-bond acceptors (Lipinski definition) is 2. The third kappa shape index (κ3) is 2.19. The van der Waals surface area contributed by atoms with E-state index in [2.05, 4.69) is 18.2 Å². The second kappa shape index (κ2) is 5.31. The van der Waals surface area contributed by atoms with Gasteiger partial charge >= 0.3 is 0 Å². The zero-order chi connectivity index (χ0) is 14.3. The zero-order valence-electron chi connectivity index (χ0n) is 13.1. The maximum Gasteiger partial charge on any atom is 0.119 e. The van der Waals surface area contributed by atoms with E-state index in [4.69, 9.17) is 9.47 Å². The highest BCUT2D eigenvalue weighted by Gasteiger charge is 2.48. The van der Waals surface area contributed by atoms with Crippen molar-refractivity contribution in [2.45, 2.75) is 62.9 Å². The molecule has 0 bridgehead atoms. The van der Waals surface area contributed by atoms with Gasteiger partial charge in [-0.1, -0.05) is 25.3 Å². The molecule has 1 saturated heterocycles. The predicted octanol–water partition coefficient (Wildman–Crippen LogP) is 4.46. The van der Waals surface area contributed by atoms with E-state index in [0.29, 0.717) is 5.92 Å². The molecule has 3 aliphatic rings. The minimum Gasteiger partial charge on any atom is -0.497 e. The number of aryl methyl sites for hydroxylation is 1. The lowest BCUT2D eigenvalue weighted by atomic mass is 9.61. The summed E-state index contributed by atoms with van der Waals surface area (Å²) < 4.78 is 11.8. The summed E-state index contributed by atoms with van der Waals surface area (Å²) >= 11 is 0. The van der Waals surface area contributed by atoms with Gasteiger partial charge in [-0.25, -0.2) is 0 Å². The van der Waals surface area contributed by atoms with Crippen molar-refractivity contribution in [1.82, 2.24) is 0 Å². The van der Waals surface area contributed by atoms with Crippen molar-refractivity contribution in [1.29, 1.82) is 0 Å². The molecule has 2 heteroatoms. The van der Waals surface area contributed by atoms with Crippen molar-refractivity contribution in [3.63, 3.8) is 0 Å². The lowest BCUT2D eigenvalue weighted by Gasteiger charge is -2.52. The van der Waals surface area contributed by atoms with Crippen LogP contribution < -0.4 is 4.74 Å². The number of fused-ring (bicyclic) bond motifs is 4. The second-order valence-corrected chi connectivity index (χ2v) is 7.08. The molecule has 21 heavy (non-hydrogen) atoms. The lowest BCUT2D eigenvalue weighted by molar-refractivity contribution is -0.150. The van der Waals surface area contributed by atoms with E-state index in [-0.39, 0.29) is 5.60 Å².